The van der Waals surface area contributed by atoms with E-state index in [4.69, 9.17) is 5.73 Å². The Labute approximate surface area is 139 Å². The quantitative estimate of drug-likeness (QED) is 0.865. The van der Waals surface area contributed by atoms with Gasteiger partial charge < -0.3 is 11.1 Å². The second-order valence-corrected chi connectivity index (χ2v) is 7.11. The molecule has 0 spiro atoms. The van der Waals surface area contributed by atoms with Gasteiger partial charge in [0.25, 0.3) is 0 Å². The number of carbonyl (C=O) groups excluding carboxylic acids is 1. The molecular formula is C18H23F3N2O. The first-order valence-corrected chi connectivity index (χ1v) is 8.51. The maximum atomic E-state index is 12.9. The molecule has 2 atom stereocenters. The number of hydrogen-bond donors (Lipinski definition) is 2. The first-order valence-electron chi connectivity index (χ1n) is 8.51. The molecule has 3 nitrogen and oxygen atoms in total. The van der Waals surface area contributed by atoms with Crippen LogP contribution in [-0.2, 0) is 16.4 Å². The molecule has 3 rings (SSSR count). The zero-order chi connectivity index (χ0) is 17.4. The van der Waals surface area contributed by atoms with Crippen molar-refractivity contribution < 1.29 is 18.0 Å². The zero-order valence-corrected chi connectivity index (χ0v) is 13.5. The average molecular weight is 340 g/mol. The monoisotopic (exact) mass is 340 g/mol. The minimum absolute atomic E-state index is 0.00111. The summed E-state index contributed by atoms with van der Waals surface area (Å²) in [5, 5.41) is 2.97. The number of amides is 1. The van der Waals surface area contributed by atoms with Gasteiger partial charge in [-0.3, -0.25) is 4.79 Å². The Morgan fingerprint density at radius 1 is 1.29 bits per heavy atom. The predicted molar refractivity (Wildman–Crippen MR) is 85.3 cm³/mol. The van der Waals surface area contributed by atoms with E-state index in [1.807, 2.05) is 0 Å². The van der Waals surface area contributed by atoms with Gasteiger partial charge in [0, 0.05) is 17.9 Å². The molecular weight excluding hydrogens is 317 g/mol. The van der Waals surface area contributed by atoms with Crippen molar-refractivity contribution in [1.29, 1.82) is 0 Å². The third-order valence-corrected chi connectivity index (χ3v) is 5.56. The van der Waals surface area contributed by atoms with Crippen LogP contribution < -0.4 is 11.1 Å². The summed E-state index contributed by atoms with van der Waals surface area (Å²) in [6.45, 7) is 0.914. The number of carbonyl (C=O) groups is 1. The van der Waals surface area contributed by atoms with Gasteiger partial charge in [-0.1, -0.05) is 24.6 Å². The Morgan fingerprint density at radius 2 is 2.04 bits per heavy atom. The molecule has 132 valence electrons. The summed E-state index contributed by atoms with van der Waals surface area (Å²) < 4.78 is 38.7. The number of rotatable bonds is 5. The Hall–Kier alpha value is -1.56. The van der Waals surface area contributed by atoms with E-state index >= 15 is 0 Å². The molecule has 2 fully saturated rings. The van der Waals surface area contributed by atoms with Gasteiger partial charge in [0.1, 0.15) is 0 Å². The van der Waals surface area contributed by atoms with E-state index in [-0.39, 0.29) is 23.2 Å². The fraction of sp³-hybridized carbons (Fsp3) is 0.611. The number of nitrogens with one attached hydrogen (secondary N) is 1. The van der Waals surface area contributed by atoms with E-state index in [0.29, 0.717) is 18.7 Å². The largest absolute Gasteiger partial charge is 0.416 e. The molecule has 2 saturated carbocycles. The highest BCUT2D eigenvalue weighted by Crippen LogP contribution is 2.48. The van der Waals surface area contributed by atoms with Crippen LogP contribution in [0.2, 0.25) is 0 Å². The molecule has 0 saturated heterocycles. The number of hydrogen-bond acceptors (Lipinski definition) is 2. The van der Waals surface area contributed by atoms with Gasteiger partial charge in [0.05, 0.1) is 5.56 Å². The summed E-state index contributed by atoms with van der Waals surface area (Å²) >= 11 is 0. The van der Waals surface area contributed by atoms with Crippen LogP contribution >= 0.6 is 0 Å². The fourth-order valence-electron chi connectivity index (χ4n) is 3.80. The van der Waals surface area contributed by atoms with Crippen LogP contribution in [0.3, 0.4) is 0 Å². The smallest absolute Gasteiger partial charge is 0.355 e. The van der Waals surface area contributed by atoms with Crippen LogP contribution in [0, 0.1) is 11.8 Å². The highest BCUT2D eigenvalue weighted by atomic mass is 19.4. The molecule has 24 heavy (non-hydrogen) atoms. The minimum Gasteiger partial charge on any atom is -0.355 e. The van der Waals surface area contributed by atoms with Gasteiger partial charge in [0.15, 0.2) is 0 Å². The third-order valence-electron chi connectivity index (χ3n) is 5.56. The summed E-state index contributed by atoms with van der Waals surface area (Å²) in [6, 6.07) is 5.48. The lowest BCUT2D eigenvalue weighted by Gasteiger charge is -2.22. The van der Waals surface area contributed by atoms with E-state index in [2.05, 4.69) is 5.32 Å². The summed E-state index contributed by atoms with van der Waals surface area (Å²) in [5.74, 6) is 0.183. The van der Waals surface area contributed by atoms with Crippen molar-refractivity contribution in [3.8, 4) is 0 Å². The van der Waals surface area contributed by atoms with Gasteiger partial charge in [-0.05, 0) is 49.8 Å². The Balaban J connectivity index is 1.66. The van der Waals surface area contributed by atoms with E-state index < -0.39 is 11.7 Å². The topological polar surface area (TPSA) is 55.1 Å². The second-order valence-electron chi connectivity index (χ2n) is 7.11. The minimum atomic E-state index is -4.34. The molecule has 1 amide bonds. The van der Waals surface area contributed by atoms with Gasteiger partial charge in [-0.15, -0.1) is 0 Å². The maximum Gasteiger partial charge on any atom is 0.416 e. The molecule has 0 unspecified atom stereocenters. The van der Waals surface area contributed by atoms with Crippen LogP contribution in [0.15, 0.2) is 24.3 Å². The lowest BCUT2D eigenvalue weighted by Crippen LogP contribution is -2.39. The van der Waals surface area contributed by atoms with Crippen LogP contribution in [-0.4, -0.2) is 19.0 Å². The van der Waals surface area contributed by atoms with E-state index in [1.165, 1.54) is 12.1 Å². The predicted octanol–water partition coefficient (Wildman–Crippen LogP) is 3.23. The van der Waals surface area contributed by atoms with Crippen molar-refractivity contribution in [2.75, 3.05) is 13.1 Å². The molecule has 2 aliphatic carbocycles. The number of benzene rings is 1. The van der Waals surface area contributed by atoms with Gasteiger partial charge in [-0.2, -0.15) is 13.2 Å². The SMILES string of the molecule is NC[C@H]1CCC[C@H]1C(=O)NCC1(c2cccc(C(F)(F)F)c2)CC1. The summed E-state index contributed by atoms with van der Waals surface area (Å²) in [4.78, 5) is 12.4. The van der Waals surface area contributed by atoms with Crippen molar-refractivity contribution in [2.45, 2.75) is 43.7 Å². The van der Waals surface area contributed by atoms with E-state index in [9.17, 15) is 18.0 Å². The highest BCUT2D eigenvalue weighted by molar-refractivity contribution is 5.79. The molecule has 0 aromatic heterocycles. The van der Waals surface area contributed by atoms with Crippen molar-refractivity contribution in [1.82, 2.24) is 5.32 Å². The highest BCUT2D eigenvalue weighted by Gasteiger charge is 2.46. The maximum absolute atomic E-state index is 12.9. The van der Waals surface area contributed by atoms with Crippen LogP contribution in [0.5, 0.6) is 0 Å². The Bertz CT molecular complexity index is 611. The Kier molecular flexibility index (Phi) is 4.60. The summed E-state index contributed by atoms with van der Waals surface area (Å²) in [6.07, 6.45) is 0.114. The molecule has 0 radical (unpaired) electrons. The van der Waals surface area contributed by atoms with Crippen LogP contribution in [0.25, 0.3) is 0 Å². The van der Waals surface area contributed by atoms with Crippen LogP contribution in [0.4, 0.5) is 13.2 Å². The summed E-state index contributed by atoms with van der Waals surface area (Å²) in [7, 11) is 0. The van der Waals surface area contributed by atoms with Gasteiger partial charge in [-0.25, -0.2) is 0 Å². The number of halogens is 3. The lowest BCUT2D eigenvalue weighted by atomic mass is 9.92. The van der Waals surface area contributed by atoms with Crippen molar-refractivity contribution in [3.63, 3.8) is 0 Å². The molecule has 2 aliphatic rings. The third kappa shape index (κ3) is 3.43. The molecule has 0 aliphatic heterocycles. The van der Waals surface area contributed by atoms with Crippen molar-refractivity contribution >= 4 is 5.91 Å². The molecule has 6 heteroatoms. The molecule has 0 bridgehead atoms. The number of alkyl halides is 3. The fourth-order valence-corrected chi connectivity index (χ4v) is 3.80. The normalized spacial score (nSPS) is 25.5. The number of nitrogens with two attached hydrogens (primary N) is 1. The van der Waals surface area contributed by atoms with Crippen molar-refractivity contribution in [3.05, 3.63) is 35.4 Å². The molecule has 1 aromatic rings. The van der Waals surface area contributed by atoms with E-state index in [0.717, 1.165) is 38.2 Å². The van der Waals surface area contributed by atoms with Gasteiger partial charge >= 0.3 is 6.18 Å². The van der Waals surface area contributed by atoms with Crippen molar-refractivity contribution in [2.24, 2.45) is 17.6 Å². The average Bonchev–Trinajstić information content (AvgIpc) is 3.20. The molecule has 3 N–H and O–H groups in total. The van der Waals surface area contributed by atoms with Gasteiger partial charge in [0.2, 0.25) is 5.91 Å². The second kappa shape index (κ2) is 6.39. The summed E-state index contributed by atoms with van der Waals surface area (Å²) in [5.41, 5.74) is 5.42. The van der Waals surface area contributed by atoms with E-state index in [1.54, 1.807) is 6.07 Å². The molecule has 1 aromatic carbocycles. The first kappa shape index (κ1) is 17.3. The Morgan fingerprint density at radius 3 is 2.67 bits per heavy atom. The lowest BCUT2D eigenvalue weighted by molar-refractivity contribution is -0.137. The molecule has 0 heterocycles. The van der Waals surface area contributed by atoms with Crippen LogP contribution in [0.1, 0.15) is 43.2 Å². The standard InChI is InChI=1S/C18H23F3N2O/c19-18(20,21)14-5-2-4-13(9-14)17(7-8-17)11-23-16(24)15-6-1-3-12(15)10-22/h2,4-5,9,12,15H,1,3,6-8,10-11,22H2,(H,23,24)/t12-,15-/m1/s1. The first-order chi connectivity index (χ1) is 11.4. The zero-order valence-electron chi connectivity index (χ0n) is 13.5.